The number of hydrogen-bond donors (Lipinski definition) is 1. The molecule has 0 aliphatic carbocycles. The van der Waals surface area contributed by atoms with E-state index in [9.17, 15) is 31.4 Å². The van der Waals surface area contributed by atoms with Gasteiger partial charge in [-0.25, -0.2) is 0 Å². The Hall–Kier alpha value is -2.02. The van der Waals surface area contributed by atoms with Gasteiger partial charge in [0.25, 0.3) is 0 Å². The van der Waals surface area contributed by atoms with Crippen LogP contribution in [0.4, 0.5) is 26.3 Å². The van der Waals surface area contributed by atoms with Gasteiger partial charge in [-0.15, -0.1) is 0 Å². The summed E-state index contributed by atoms with van der Waals surface area (Å²) < 4.78 is 82.8. The molecular formula is C16H12F6O. The number of hydrogen-bond acceptors (Lipinski definition) is 1. The predicted molar refractivity (Wildman–Crippen MR) is 71.6 cm³/mol. The summed E-state index contributed by atoms with van der Waals surface area (Å²) in [5.41, 5.74) is -1.59. The average Bonchev–Trinajstić information content (AvgIpc) is 2.52. The summed E-state index contributed by atoms with van der Waals surface area (Å²) in [5, 5.41) is 10.1. The van der Waals surface area contributed by atoms with Crippen molar-refractivity contribution in [3.05, 3.63) is 70.8 Å². The van der Waals surface area contributed by atoms with Crippen LogP contribution < -0.4 is 0 Å². The summed E-state index contributed by atoms with van der Waals surface area (Å²) in [7, 11) is 0. The lowest BCUT2D eigenvalue weighted by molar-refractivity contribution is -0.138. The van der Waals surface area contributed by atoms with Gasteiger partial charge in [-0.3, -0.25) is 0 Å². The van der Waals surface area contributed by atoms with Gasteiger partial charge in [0.05, 0.1) is 17.2 Å². The third-order valence-corrected chi connectivity index (χ3v) is 3.17. The van der Waals surface area contributed by atoms with E-state index in [1.165, 1.54) is 0 Å². The van der Waals surface area contributed by atoms with E-state index < -0.39 is 36.0 Å². The van der Waals surface area contributed by atoms with Crippen molar-refractivity contribution in [1.29, 1.82) is 0 Å². The lowest BCUT2D eigenvalue weighted by Gasteiger charge is -2.13. The quantitative estimate of drug-likeness (QED) is 0.783. The molecule has 0 saturated heterocycles. The van der Waals surface area contributed by atoms with Crippen molar-refractivity contribution in [3.8, 4) is 0 Å². The van der Waals surface area contributed by atoms with E-state index in [1.807, 2.05) is 0 Å². The van der Waals surface area contributed by atoms with Gasteiger partial charge in [-0.05, 0) is 35.4 Å². The van der Waals surface area contributed by atoms with Gasteiger partial charge in [0.1, 0.15) is 0 Å². The Kier molecular flexibility index (Phi) is 4.30. The van der Waals surface area contributed by atoms with Crippen molar-refractivity contribution in [1.82, 2.24) is 0 Å². The van der Waals surface area contributed by atoms with Crippen LogP contribution in [0.3, 0.4) is 0 Å². The molecule has 0 bridgehead atoms. The maximum Gasteiger partial charge on any atom is 0.416 e. The first kappa shape index (κ1) is 15.9. The Morgan fingerprint density at radius 3 is 1.57 bits per heavy atom. The molecule has 124 valence electrons. The second kappa shape index (κ2) is 6.23. The Bertz CT molecular complexity index is 614. The minimum absolute atomic E-state index is 0.0721. The summed E-state index contributed by atoms with van der Waals surface area (Å²) in [5.74, 6) is 0. The largest absolute Gasteiger partial charge is 0.416 e. The zero-order valence-corrected chi connectivity index (χ0v) is 11.5. The van der Waals surface area contributed by atoms with Crippen LogP contribution in [0.1, 0.15) is 29.7 Å². The summed E-state index contributed by atoms with van der Waals surface area (Å²) in [6.07, 6.45) is -11.8. The second-order valence-corrected chi connectivity index (χ2v) is 4.85. The summed E-state index contributed by atoms with van der Waals surface area (Å²) in [6.45, 7) is 0. The number of rotatable bonds is 3. The van der Waals surface area contributed by atoms with Gasteiger partial charge in [0.2, 0.25) is 0 Å². The first-order chi connectivity index (χ1) is 11.0. The zero-order valence-electron chi connectivity index (χ0n) is 12.5. The van der Waals surface area contributed by atoms with Crippen LogP contribution in [0, 0.1) is 0 Å². The summed E-state index contributed by atoms with van der Waals surface area (Å²) in [4.78, 5) is 0. The molecule has 0 spiro atoms. The standard InChI is InChI=1S/C16H12F6O/c17-15(18,19)12-5-1-10(2-6-12)9-14(23)11-3-7-13(8-4-11)16(20,21)22/h1-8,14,23H,9H2/i9D. The van der Waals surface area contributed by atoms with Crippen molar-refractivity contribution < 1.29 is 32.8 Å². The summed E-state index contributed by atoms with van der Waals surface area (Å²) in [6, 6.07) is 7.34. The fourth-order valence-electron chi connectivity index (χ4n) is 1.93. The monoisotopic (exact) mass is 335 g/mol. The molecule has 0 amide bonds. The Labute approximate surface area is 129 Å². The highest BCUT2D eigenvalue weighted by atomic mass is 19.4. The van der Waals surface area contributed by atoms with E-state index in [1.54, 1.807) is 0 Å². The zero-order chi connectivity index (χ0) is 18.1. The van der Waals surface area contributed by atoms with Crippen molar-refractivity contribution in [3.63, 3.8) is 0 Å². The smallest absolute Gasteiger partial charge is 0.388 e. The maximum absolute atomic E-state index is 12.5. The molecule has 1 N–H and O–H groups in total. The molecule has 23 heavy (non-hydrogen) atoms. The van der Waals surface area contributed by atoms with Crippen molar-refractivity contribution in [2.75, 3.05) is 0 Å². The van der Waals surface area contributed by atoms with Crippen LogP contribution in [0.5, 0.6) is 0 Å². The Balaban J connectivity index is 2.18. The third-order valence-electron chi connectivity index (χ3n) is 3.17. The van der Waals surface area contributed by atoms with E-state index in [2.05, 4.69) is 0 Å². The predicted octanol–water partition coefficient (Wildman–Crippen LogP) is 5.00. The molecule has 0 aromatic heterocycles. The molecule has 2 atom stereocenters. The van der Waals surface area contributed by atoms with E-state index in [0.29, 0.717) is 0 Å². The molecule has 0 fully saturated rings. The molecule has 2 unspecified atom stereocenters. The average molecular weight is 335 g/mol. The number of aliphatic hydroxyl groups is 1. The third kappa shape index (κ3) is 4.48. The molecule has 0 aliphatic heterocycles. The first-order valence-electron chi connectivity index (χ1n) is 7.02. The molecule has 2 aromatic carbocycles. The normalized spacial score (nSPS) is 15.9. The molecular weight excluding hydrogens is 322 g/mol. The van der Waals surface area contributed by atoms with Gasteiger partial charge < -0.3 is 5.11 Å². The maximum atomic E-state index is 12.5. The topological polar surface area (TPSA) is 20.2 Å². The van der Waals surface area contributed by atoms with E-state index in [4.69, 9.17) is 1.37 Å². The Morgan fingerprint density at radius 2 is 1.17 bits per heavy atom. The molecule has 2 rings (SSSR count). The van der Waals surface area contributed by atoms with E-state index >= 15 is 0 Å². The molecule has 0 heterocycles. The van der Waals surface area contributed by atoms with Gasteiger partial charge >= 0.3 is 12.4 Å². The SMILES string of the molecule is [2H]C(c1ccc(C(F)(F)F)cc1)C(O)c1ccc(C(F)(F)F)cc1. The highest BCUT2D eigenvalue weighted by Gasteiger charge is 2.31. The molecule has 1 nitrogen and oxygen atoms in total. The minimum atomic E-state index is -4.52. The van der Waals surface area contributed by atoms with Crippen molar-refractivity contribution in [2.45, 2.75) is 24.9 Å². The number of benzene rings is 2. The van der Waals surface area contributed by atoms with E-state index in [0.717, 1.165) is 48.5 Å². The number of alkyl halides is 6. The molecule has 0 aliphatic rings. The van der Waals surface area contributed by atoms with Crippen molar-refractivity contribution in [2.24, 2.45) is 0 Å². The van der Waals surface area contributed by atoms with E-state index in [-0.39, 0.29) is 11.1 Å². The first-order valence-corrected chi connectivity index (χ1v) is 6.45. The number of aliphatic hydroxyl groups excluding tert-OH is 1. The van der Waals surface area contributed by atoms with Crippen molar-refractivity contribution >= 4 is 0 Å². The van der Waals surface area contributed by atoms with Crippen LogP contribution in [-0.4, -0.2) is 5.11 Å². The highest BCUT2D eigenvalue weighted by Crippen LogP contribution is 2.31. The highest BCUT2D eigenvalue weighted by molar-refractivity contribution is 5.29. The Morgan fingerprint density at radius 1 is 0.783 bits per heavy atom. The number of halogens is 6. The van der Waals surface area contributed by atoms with Gasteiger partial charge in [0, 0.05) is 7.77 Å². The second-order valence-electron chi connectivity index (χ2n) is 4.85. The fraction of sp³-hybridized carbons (Fsp3) is 0.250. The van der Waals surface area contributed by atoms with Gasteiger partial charge in [-0.1, -0.05) is 24.3 Å². The minimum Gasteiger partial charge on any atom is -0.388 e. The molecule has 2 aromatic rings. The lowest BCUT2D eigenvalue weighted by atomic mass is 9.99. The summed E-state index contributed by atoms with van der Waals surface area (Å²) >= 11 is 0. The lowest BCUT2D eigenvalue weighted by Crippen LogP contribution is -2.07. The molecule has 0 saturated carbocycles. The van der Waals surface area contributed by atoms with Crippen LogP contribution in [0.2, 0.25) is 0 Å². The van der Waals surface area contributed by atoms with Crippen LogP contribution >= 0.6 is 0 Å². The molecule has 7 heteroatoms. The van der Waals surface area contributed by atoms with Crippen LogP contribution in [0.25, 0.3) is 0 Å². The van der Waals surface area contributed by atoms with Crippen LogP contribution in [-0.2, 0) is 18.7 Å². The molecule has 0 radical (unpaired) electrons. The fourth-order valence-corrected chi connectivity index (χ4v) is 1.93. The van der Waals surface area contributed by atoms with Gasteiger partial charge in [-0.2, -0.15) is 26.3 Å². The van der Waals surface area contributed by atoms with Gasteiger partial charge in [0.15, 0.2) is 0 Å². The van der Waals surface area contributed by atoms with Crippen LogP contribution in [0.15, 0.2) is 48.5 Å².